The van der Waals surface area contributed by atoms with E-state index in [0.29, 0.717) is 5.92 Å². The van der Waals surface area contributed by atoms with Gasteiger partial charge >= 0.3 is 6.03 Å². The SMILES string of the molecule is CC(C)CCN1CCC(CNC(=O)N(C)C(C)CO)CC1. The zero-order valence-electron chi connectivity index (χ0n) is 14.1. The summed E-state index contributed by atoms with van der Waals surface area (Å²) in [6, 6.07) is -0.221. The Hall–Kier alpha value is -0.810. The Morgan fingerprint density at radius 2 is 1.95 bits per heavy atom. The molecule has 0 bridgehead atoms. The molecule has 1 aliphatic heterocycles. The highest BCUT2D eigenvalue weighted by Gasteiger charge is 2.21. The second kappa shape index (κ2) is 9.26. The number of carbonyl (C=O) groups is 1. The zero-order valence-corrected chi connectivity index (χ0v) is 14.1. The summed E-state index contributed by atoms with van der Waals surface area (Å²) in [6.45, 7) is 10.6. The maximum absolute atomic E-state index is 11.9. The third-order valence-corrected chi connectivity index (χ3v) is 4.52. The minimum absolute atomic E-state index is 0.00183. The molecule has 1 unspecified atom stereocenters. The monoisotopic (exact) mass is 299 g/mol. The summed E-state index contributed by atoms with van der Waals surface area (Å²) in [5, 5.41) is 12.1. The van der Waals surface area contributed by atoms with Crippen LogP contribution in [-0.2, 0) is 0 Å². The summed E-state index contributed by atoms with van der Waals surface area (Å²) in [5.41, 5.74) is 0. The van der Waals surface area contributed by atoms with Crippen LogP contribution in [0.2, 0.25) is 0 Å². The molecule has 0 aromatic carbocycles. The lowest BCUT2D eigenvalue weighted by atomic mass is 9.96. The first-order valence-electron chi connectivity index (χ1n) is 8.27. The number of urea groups is 1. The lowest BCUT2D eigenvalue weighted by Crippen LogP contribution is -2.46. The molecule has 1 heterocycles. The first-order chi connectivity index (χ1) is 9.93. The topological polar surface area (TPSA) is 55.8 Å². The Kier molecular flexibility index (Phi) is 8.04. The van der Waals surface area contributed by atoms with Gasteiger partial charge in [-0.1, -0.05) is 13.8 Å². The van der Waals surface area contributed by atoms with E-state index in [9.17, 15) is 4.79 Å². The highest BCUT2D eigenvalue weighted by Crippen LogP contribution is 2.17. The van der Waals surface area contributed by atoms with Crippen LogP contribution in [0, 0.1) is 11.8 Å². The number of nitrogens with one attached hydrogen (secondary N) is 1. The number of amides is 2. The van der Waals surface area contributed by atoms with E-state index < -0.39 is 0 Å². The molecule has 2 amide bonds. The predicted octanol–water partition coefficient (Wildman–Crippen LogP) is 1.77. The average molecular weight is 299 g/mol. The maximum atomic E-state index is 11.9. The van der Waals surface area contributed by atoms with Gasteiger partial charge in [-0.2, -0.15) is 0 Å². The number of carbonyl (C=O) groups excluding carboxylic acids is 1. The van der Waals surface area contributed by atoms with Gasteiger partial charge in [0.2, 0.25) is 0 Å². The molecule has 0 aromatic rings. The molecule has 1 atom stereocenters. The van der Waals surface area contributed by atoms with Gasteiger partial charge in [-0.15, -0.1) is 0 Å². The molecule has 0 spiro atoms. The zero-order chi connectivity index (χ0) is 15.8. The molecule has 0 radical (unpaired) electrons. The summed E-state index contributed by atoms with van der Waals surface area (Å²) < 4.78 is 0. The van der Waals surface area contributed by atoms with Crippen LogP contribution in [-0.4, -0.2) is 66.8 Å². The van der Waals surface area contributed by atoms with E-state index >= 15 is 0 Å². The van der Waals surface area contributed by atoms with Crippen molar-refractivity contribution in [2.75, 3.05) is 39.8 Å². The van der Waals surface area contributed by atoms with Crippen molar-refractivity contribution in [1.82, 2.24) is 15.1 Å². The van der Waals surface area contributed by atoms with Crippen LogP contribution < -0.4 is 5.32 Å². The van der Waals surface area contributed by atoms with Crippen molar-refractivity contribution in [2.45, 2.75) is 46.1 Å². The average Bonchev–Trinajstić information content (AvgIpc) is 2.49. The van der Waals surface area contributed by atoms with Gasteiger partial charge in [0.15, 0.2) is 0 Å². The molecule has 1 saturated heterocycles. The quantitative estimate of drug-likeness (QED) is 0.753. The molecule has 2 N–H and O–H groups in total. The Morgan fingerprint density at radius 3 is 2.48 bits per heavy atom. The van der Waals surface area contributed by atoms with Crippen molar-refractivity contribution in [3.8, 4) is 0 Å². The van der Waals surface area contributed by atoms with Gasteiger partial charge in [0, 0.05) is 13.6 Å². The van der Waals surface area contributed by atoms with Gasteiger partial charge in [0.25, 0.3) is 0 Å². The van der Waals surface area contributed by atoms with Crippen LogP contribution in [0.3, 0.4) is 0 Å². The van der Waals surface area contributed by atoms with Crippen molar-refractivity contribution >= 4 is 6.03 Å². The fourth-order valence-corrected chi connectivity index (χ4v) is 2.53. The van der Waals surface area contributed by atoms with Gasteiger partial charge in [-0.25, -0.2) is 4.79 Å². The van der Waals surface area contributed by atoms with Gasteiger partial charge < -0.3 is 20.2 Å². The van der Waals surface area contributed by atoms with E-state index in [0.717, 1.165) is 38.4 Å². The molecule has 1 fully saturated rings. The standard InChI is InChI=1S/C16H33N3O2/c1-13(2)5-8-19-9-6-15(7-10-19)11-17-16(21)18(4)14(3)12-20/h13-15,20H,5-12H2,1-4H3,(H,17,21). The Morgan fingerprint density at radius 1 is 1.33 bits per heavy atom. The van der Waals surface area contributed by atoms with Gasteiger partial charge in [-0.05, 0) is 57.7 Å². The summed E-state index contributed by atoms with van der Waals surface area (Å²) >= 11 is 0. The summed E-state index contributed by atoms with van der Waals surface area (Å²) in [5.74, 6) is 1.35. The number of nitrogens with zero attached hydrogens (tertiary/aromatic N) is 2. The minimum atomic E-state index is -0.136. The van der Waals surface area contributed by atoms with Crippen molar-refractivity contribution < 1.29 is 9.90 Å². The number of aliphatic hydroxyl groups excluding tert-OH is 1. The van der Waals surface area contributed by atoms with Crippen LogP contribution in [0.4, 0.5) is 4.79 Å². The lowest BCUT2D eigenvalue weighted by molar-refractivity contribution is 0.150. The van der Waals surface area contributed by atoms with Gasteiger partial charge in [-0.3, -0.25) is 0 Å². The van der Waals surface area contributed by atoms with Gasteiger partial charge in [0.1, 0.15) is 0 Å². The van der Waals surface area contributed by atoms with E-state index in [1.165, 1.54) is 13.0 Å². The summed E-state index contributed by atoms with van der Waals surface area (Å²) in [6.07, 6.45) is 3.60. The van der Waals surface area contributed by atoms with E-state index in [-0.39, 0.29) is 18.7 Å². The summed E-state index contributed by atoms with van der Waals surface area (Å²) in [4.78, 5) is 16.0. The first kappa shape index (κ1) is 18.2. The molecular weight excluding hydrogens is 266 g/mol. The number of likely N-dealkylation sites (tertiary alicyclic amines) is 1. The highest BCUT2D eigenvalue weighted by atomic mass is 16.3. The molecule has 1 rings (SSSR count). The van der Waals surface area contributed by atoms with Crippen LogP contribution in [0.5, 0.6) is 0 Å². The van der Waals surface area contributed by atoms with Crippen LogP contribution in [0.1, 0.15) is 40.0 Å². The van der Waals surface area contributed by atoms with E-state index in [1.807, 2.05) is 6.92 Å². The second-order valence-electron chi connectivity index (χ2n) is 6.80. The fraction of sp³-hybridized carbons (Fsp3) is 0.938. The smallest absolute Gasteiger partial charge is 0.317 e. The molecule has 0 saturated carbocycles. The fourth-order valence-electron chi connectivity index (χ4n) is 2.53. The van der Waals surface area contributed by atoms with Crippen molar-refractivity contribution in [3.63, 3.8) is 0 Å². The molecule has 0 aliphatic carbocycles. The normalized spacial score (nSPS) is 18.8. The minimum Gasteiger partial charge on any atom is -0.394 e. The lowest BCUT2D eigenvalue weighted by Gasteiger charge is -2.33. The second-order valence-corrected chi connectivity index (χ2v) is 6.80. The molecule has 124 valence electrons. The Bertz CT molecular complexity index is 302. The number of likely N-dealkylation sites (N-methyl/N-ethyl adjacent to an activating group) is 1. The van der Waals surface area contributed by atoms with Crippen molar-refractivity contribution in [3.05, 3.63) is 0 Å². The molecule has 21 heavy (non-hydrogen) atoms. The molecule has 1 aliphatic rings. The number of aliphatic hydroxyl groups is 1. The summed E-state index contributed by atoms with van der Waals surface area (Å²) in [7, 11) is 1.73. The number of rotatable bonds is 7. The third kappa shape index (κ3) is 6.66. The first-order valence-corrected chi connectivity index (χ1v) is 8.27. The van der Waals surface area contributed by atoms with Crippen LogP contribution in [0.15, 0.2) is 0 Å². The van der Waals surface area contributed by atoms with Crippen molar-refractivity contribution in [1.29, 1.82) is 0 Å². The van der Waals surface area contributed by atoms with Gasteiger partial charge in [0.05, 0.1) is 12.6 Å². The van der Waals surface area contributed by atoms with Crippen LogP contribution >= 0.6 is 0 Å². The van der Waals surface area contributed by atoms with E-state index in [1.54, 1.807) is 11.9 Å². The van der Waals surface area contributed by atoms with E-state index in [2.05, 4.69) is 24.1 Å². The molecule has 0 aromatic heterocycles. The molecule has 5 nitrogen and oxygen atoms in total. The predicted molar refractivity (Wildman–Crippen MR) is 86.3 cm³/mol. The molecule has 5 heteroatoms. The number of hydrogen-bond acceptors (Lipinski definition) is 3. The number of hydrogen-bond donors (Lipinski definition) is 2. The maximum Gasteiger partial charge on any atom is 0.317 e. The van der Waals surface area contributed by atoms with E-state index in [4.69, 9.17) is 5.11 Å². The number of piperidine rings is 1. The Labute approximate surface area is 129 Å². The Balaban J connectivity index is 2.19. The van der Waals surface area contributed by atoms with Crippen molar-refractivity contribution in [2.24, 2.45) is 11.8 Å². The highest BCUT2D eigenvalue weighted by molar-refractivity contribution is 5.74. The molecular formula is C16H33N3O2. The largest absolute Gasteiger partial charge is 0.394 e. The van der Waals surface area contributed by atoms with Crippen LogP contribution in [0.25, 0.3) is 0 Å². The third-order valence-electron chi connectivity index (χ3n) is 4.52.